The van der Waals surface area contributed by atoms with Crippen molar-refractivity contribution in [3.63, 3.8) is 0 Å². The molecule has 0 spiro atoms. The van der Waals surface area contributed by atoms with E-state index in [9.17, 15) is 0 Å². The van der Waals surface area contributed by atoms with E-state index in [-0.39, 0.29) is 0 Å². The molecule has 0 aliphatic heterocycles. The van der Waals surface area contributed by atoms with Gasteiger partial charge in [0.15, 0.2) is 0 Å². The summed E-state index contributed by atoms with van der Waals surface area (Å²) in [4.78, 5) is 4.76. The molecule has 4 nitrogen and oxygen atoms in total. The van der Waals surface area contributed by atoms with Gasteiger partial charge in [-0.3, -0.25) is 0 Å². The zero-order valence-electron chi connectivity index (χ0n) is 17.6. The number of aromatic nitrogens is 2. The molecule has 0 bridgehead atoms. The first-order chi connectivity index (χ1) is 15.0. The molecule has 1 heterocycles. The van der Waals surface area contributed by atoms with Gasteiger partial charge in [-0.2, -0.15) is 0 Å². The Labute approximate surface area is 192 Å². The van der Waals surface area contributed by atoms with E-state index >= 15 is 0 Å². The molecule has 0 atom stereocenters. The van der Waals surface area contributed by atoms with E-state index < -0.39 is 0 Å². The Morgan fingerprint density at radius 1 is 0.903 bits per heavy atom. The fourth-order valence-corrected chi connectivity index (χ4v) is 4.05. The maximum atomic E-state index is 6.24. The smallest absolute Gasteiger partial charge is 0.148 e. The number of halogens is 2. The molecule has 0 saturated heterocycles. The number of ether oxygens (including phenoxy) is 2. The molecule has 0 unspecified atom stereocenters. The van der Waals surface area contributed by atoms with Crippen LogP contribution >= 0.6 is 23.2 Å². The van der Waals surface area contributed by atoms with Crippen LogP contribution in [0.5, 0.6) is 11.5 Å². The number of benzene rings is 3. The second-order valence-electron chi connectivity index (χ2n) is 7.50. The lowest BCUT2D eigenvalue weighted by Gasteiger charge is -2.13. The summed E-state index contributed by atoms with van der Waals surface area (Å²) in [5.74, 6) is 2.36. The van der Waals surface area contributed by atoms with Gasteiger partial charge >= 0.3 is 0 Å². The predicted octanol–water partition coefficient (Wildman–Crippen LogP) is 7.01. The summed E-state index contributed by atoms with van der Waals surface area (Å²) in [7, 11) is 0. The molecule has 0 radical (unpaired) electrons. The SMILES string of the molecule is Cc1ccc(OCCCn2c(COc3ccc(Cl)cc3Cl)nc3ccccc32)c(C)c1. The minimum atomic E-state index is 0.313. The van der Waals surface area contributed by atoms with Crippen LogP contribution in [0.25, 0.3) is 11.0 Å². The van der Waals surface area contributed by atoms with Crippen LogP contribution in [-0.4, -0.2) is 16.2 Å². The number of hydrogen-bond donors (Lipinski definition) is 0. The minimum absolute atomic E-state index is 0.313. The van der Waals surface area contributed by atoms with Gasteiger partial charge in [0.05, 0.1) is 22.7 Å². The minimum Gasteiger partial charge on any atom is -0.493 e. The average molecular weight is 455 g/mol. The van der Waals surface area contributed by atoms with Gasteiger partial charge in [0.2, 0.25) is 0 Å². The van der Waals surface area contributed by atoms with Crippen molar-refractivity contribution >= 4 is 34.2 Å². The van der Waals surface area contributed by atoms with Gasteiger partial charge < -0.3 is 14.0 Å². The molecule has 0 aliphatic rings. The van der Waals surface area contributed by atoms with Crippen LogP contribution < -0.4 is 9.47 Å². The molecule has 4 rings (SSSR count). The van der Waals surface area contributed by atoms with E-state index in [4.69, 9.17) is 37.7 Å². The van der Waals surface area contributed by atoms with Crippen molar-refractivity contribution < 1.29 is 9.47 Å². The summed E-state index contributed by atoms with van der Waals surface area (Å²) in [6.45, 7) is 5.87. The number of para-hydroxylation sites is 2. The van der Waals surface area contributed by atoms with Gasteiger partial charge in [-0.1, -0.05) is 53.0 Å². The highest BCUT2D eigenvalue weighted by atomic mass is 35.5. The molecule has 0 fully saturated rings. The molecule has 4 aromatic rings. The fourth-order valence-electron chi connectivity index (χ4n) is 3.59. The molecule has 0 amide bonds. The van der Waals surface area contributed by atoms with Crippen LogP contribution in [0.3, 0.4) is 0 Å². The van der Waals surface area contributed by atoms with Gasteiger partial charge in [-0.05, 0) is 62.2 Å². The van der Waals surface area contributed by atoms with Crippen molar-refractivity contribution in [2.24, 2.45) is 0 Å². The van der Waals surface area contributed by atoms with Gasteiger partial charge in [0, 0.05) is 11.6 Å². The number of imidazole rings is 1. The normalized spacial score (nSPS) is 11.1. The number of nitrogens with zero attached hydrogens (tertiary/aromatic N) is 2. The highest BCUT2D eigenvalue weighted by molar-refractivity contribution is 6.35. The highest BCUT2D eigenvalue weighted by Gasteiger charge is 2.12. The van der Waals surface area contributed by atoms with Crippen molar-refractivity contribution in [3.8, 4) is 11.5 Å². The van der Waals surface area contributed by atoms with Crippen molar-refractivity contribution in [1.82, 2.24) is 9.55 Å². The zero-order chi connectivity index (χ0) is 21.8. The largest absolute Gasteiger partial charge is 0.493 e. The summed E-state index contributed by atoms with van der Waals surface area (Å²) >= 11 is 12.2. The summed E-state index contributed by atoms with van der Waals surface area (Å²) in [5, 5.41) is 1.06. The van der Waals surface area contributed by atoms with E-state index in [1.165, 1.54) is 5.56 Å². The quantitative estimate of drug-likeness (QED) is 0.268. The summed E-state index contributed by atoms with van der Waals surface area (Å²) in [5.41, 5.74) is 4.41. The van der Waals surface area contributed by atoms with Crippen molar-refractivity contribution in [3.05, 3.63) is 87.7 Å². The standard InChI is InChI=1S/C25H24Cl2N2O2/c1-17-8-10-23(18(2)14-17)30-13-5-12-29-22-7-4-3-6-21(22)28-25(29)16-31-24-11-9-19(26)15-20(24)27/h3-4,6-11,14-15H,5,12-13,16H2,1-2H3. The van der Waals surface area contributed by atoms with E-state index in [1.807, 2.05) is 24.3 Å². The van der Waals surface area contributed by atoms with Gasteiger partial charge in [0.25, 0.3) is 0 Å². The van der Waals surface area contributed by atoms with Crippen molar-refractivity contribution in [2.75, 3.05) is 6.61 Å². The third kappa shape index (κ3) is 5.15. The monoisotopic (exact) mass is 454 g/mol. The third-order valence-corrected chi connectivity index (χ3v) is 5.63. The molecular formula is C25H24Cl2N2O2. The molecule has 31 heavy (non-hydrogen) atoms. The van der Waals surface area contributed by atoms with Crippen LogP contribution in [0, 0.1) is 13.8 Å². The highest BCUT2D eigenvalue weighted by Crippen LogP contribution is 2.28. The van der Waals surface area contributed by atoms with Crippen LogP contribution in [-0.2, 0) is 13.2 Å². The summed E-state index contributed by atoms with van der Waals surface area (Å²) < 4.78 is 14.1. The maximum Gasteiger partial charge on any atom is 0.148 e. The lowest BCUT2D eigenvalue weighted by atomic mass is 10.1. The summed E-state index contributed by atoms with van der Waals surface area (Å²) in [6.07, 6.45) is 0.850. The topological polar surface area (TPSA) is 36.3 Å². The fraction of sp³-hybridized carbons (Fsp3) is 0.240. The average Bonchev–Trinajstić information content (AvgIpc) is 3.09. The van der Waals surface area contributed by atoms with Crippen LogP contribution in [0.1, 0.15) is 23.4 Å². The van der Waals surface area contributed by atoms with Gasteiger partial charge in [-0.15, -0.1) is 0 Å². The van der Waals surface area contributed by atoms with Crippen molar-refractivity contribution in [1.29, 1.82) is 0 Å². The number of aryl methyl sites for hydroxylation is 3. The first kappa shape index (κ1) is 21.5. The maximum absolute atomic E-state index is 6.24. The van der Waals surface area contributed by atoms with Gasteiger partial charge in [-0.25, -0.2) is 4.98 Å². The molecule has 160 valence electrons. The van der Waals surface area contributed by atoms with Crippen LogP contribution in [0.2, 0.25) is 10.0 Å². The summed E-state index contributed by atoms with van der Waals surface area (Å²) in [6, 6.07) is 19.5. The molecule has 0 saturated carbocycles. The third-order valence-electron chi connectivity index (χ3n) is 5.10. The Kier molecular flexibility index (Phi) is 6.69. The van der Waals surface area contributed by atoms with E-state index in [0.29, 0.717) is 29.0 Å². The zero-order valence-corrected chi connectivity index (χ0v) is 19.1. The molecule has 0 N–H and O–H groups in total. The second kappa shape index (κ2) is 9.63. The predicted molar refractivity (Wildman–Crippen MR) is 127 cm³/mol. The van der Waals surface area contributed by atoms with E-state index in [2.05, 4.69) is 36.6 Å². The van der Waals surface area contributed by atoms with Gasteiger partial charge in [0.1, 0.15) is 23.9 Å². The molecular weight excluding hydrogens is 431 g/mol. The Balaban J connectivity index is 1.45. The molecule has 0 aliphatic carbocycles. The lowest BCUT2D eigenvalue weighted by Crippen LogP contribution is -2.10. The number of rotatable bonds is 8. The number of fused-ring (bicyclic) bond motifs is 1. The Morgan fingerprint density at radius 3 is 2.52 bits per heavy atom. The van der Waals surface area contributed by atoms with E-state index in [0.717, 1.165) is 41.1 Å². The Bertz CT molecular complexity index is 1200. The molecule has 3 aromatic carbocycles. The van der Waals surface area contributed by atoms with Crippen LogP contribution in [0.4, 0.5) is 0 Å². The number of hydrogen-bond acceptors (Lipinski definition) is 3. The van der Waals surface area contributed by atoms with Crippen molar-refractivity contribution in [2.45, 2.75) is 33.4 Å². The first-order valence-corrected chi connectivity index (χ1v) is 11.0. The Hall–Kier alpha value is -2.69. The molecule has 1 aromatic heterocycles. The molecule has 6 heteroatoms. The van der Waals surface area contributed by atoms with E-state index in [1.54, 1.807) is 18.2 Å². The first-order valence-electron chi connectivity index (χ1n) is 10.2. The van der Waals surface area contributed by atoms with Crippen LogP contribution in [0.15, 0.2) is 60.7 Å². The second-order valence-corrected chi connectivity index (χ2v) is 8.35. The lowest BCUT2D eigenvalue weighted by molar-refractivity contribution is 0.280. The Morgan fingerprint density at radius 2 is 1.71 bits per heavy atom.